The highest BCUT2D eigenvalue weighted by Crippen LogP contribution is 2.22. The van der Waals surface area contributed by atoms with E-state index in [0.29, 0.717) is 0 Å². The van der Waals surface area contributed by atoms with Gasteiger partial charge in [0, 0.05) is 0 Å². The molecular formula is C29H58. The largest absolute Gasteiger partial charge is 0.0885 e. The van der Waals surface area contributed by atoms with Gasteiger partial charge in [0.2, 0.25) is 0 Å². The Morgan fingerprint density at radius 2 is 0.897 bits per heavy atom. The molecule has 0 saturated carbocycles. The highest BCUT2D eigenvalue weighted by Gasteiger charge is 2.06. The van der Waals surface area contributed by atoms with E-state index in [4.69, 9.17) is 0 Å². The van der Waals surface area contributed by atoms with Gasteiger partial charge < -0.3 is 0 Å². The second kappa shape index (κ2) is 22.4. The monoisotopic (exact) mass is 406 g/mol. The van der Waals surface area contributed by atoms with Crippen LogP contribution in [-0.2, 0) is 0 Å². The van der Waals surface area contributed by atoms with Crippen LogP contribution in [0.15, 0.2) is 12.2 Å². The van der Waals surface area contributed by atoms with Crippen molar-refractivity contribution in [3.63, 3.8) is 0 Å². The summed E-state index contributed by atoms with van der Waals surface area (Å²) in [5.41, 5.74) is 0. The van der Waals surface area contributed by atoms with Crippen molar-refractivity contribution in [1.82, 2.24) is 0 Å². The molecule has 3 atom stereocenters. The van der Waals surface area contributed by atoms with Gasteiger partial charge in [-0.3, -0.25) is 0 Å². The summed E-state index contributed by atoms with van der Waals surface area (Å²) in [6.45, 7) is 12.0. The smallest absolute Gasteiger partial charge is 0.0325 e. The zero-order chi connectivity index (χ0) is 21.6. The van der Waals surface area contributed by atoms with E-state index >= 15 is 0 Å². The van der Waals surface area contributed by atoms with Crippen molar-refractivity contribution in [2.75, 3.05) is 0 Å². The number of unbranched alkanes of at least 4 members (excludes halogenated alkanes) is 9. The van der Waals surface area contributed by atoms with Gasteiger partial charge in [0.05, 0.1) is 0 Å². The summed E-state index contributed by atoms with van der Waals surface area (Å²) in [6.07, 6.45) is 31.8. The second-order valence-corrected chi connectivity index (χ2v) is 10.3. The van der Waals surface area contributed by atoms with E-state index < -0.39 is 0 Å². The quantitative estimate of drug-likeness (QED) is 0.124. The SMILES string of the molecule is CCCC=CCC(C)CCCC(C)CCCCC(C)CCCCCCCCCC. The zero-order valence-electron chi connectivity index (χ0n) is 21.3. The zero-order valence-corrected chi connectivity index (χ0v) is 21.3. The molecule has 0 rings (SSSR count). The molecule has 0 heterocycles. The van der Waals surface area contributed by atoms with E-state index in [2.05, 4.69) is 46.8 Å². The number of allylic oxidation sites excluding steroid dienone is 2. The van der Waals surface area contributed by atoms with E-state index in [0.717, 1.165) is 17.8 Å². The van der Waals surface area contributed by atoms with E-state index in [1.165, 1.54) is 122 Å². The molecule has 0 N–H and O–H groups in total. The minimum absolute atomic E-state index is 0.868. The van der Waals surface area contributed by atoms with Gasteiger partial charge in [-0.2, -0.15) is 0 Å². The lowest BCUT2D eigenvalue weighted by molar-refractivity contribution is 0.391. The lowest BCUT2D eigenvalue weighted by Crippen LogP contribution is -2.00. The first-order valence-electron chi connectivity index (χ1n) is 13.7. The summed E-state index contributed by atoms with van der Waals surface area (Å²) in [5.74, 6) is 2.75. The maximum atomic E-state index is 2.49. The van der Waals surface area contributed by atoms with Gasteiger partial charge in [-0.05, 0) is 30.6 Å². The molecule has 0 saturated heterocycles. The summed E-state index contributed by atoms with van der Waals surface area (Å²) in [6, 6.07) is 0. The summed E-state index contributed by atoms with van der Waals surface area (Å²) < 4.78 is 0. The van der Waals surface area contributed by atoms with Crippen molar-refractivity contribution < 1.29 is 0 Å². The van der Waals surface area contributed by atoms with Gasteiger partial charge in [-0.1, -0.05) is 156 Å². The Labute approximate surface area is 186 Å². The predicted octanol–water partition coefficient (Wildman–Crippen LogP) is 10.9. The van der Waals surface area contributed by atoms with Gasteiger partial charge in [0.25, 0.3) is 0 Å². The van der Waals surface area contributed by atoms with E-state index in [-0.39, 0.29) is 0 Å². The topological polar surface area (TPSA) is 0 Å². The molecule has 0 nitrogen and oxygen atoms in total. The summed E-state index contributed by atoms with van der Waals surface area (Å²) in [7, 11) is 0. The molecule has 0 aliphatic heterocycles. The van der Waals surface area contributed by atoms with Crippen molar-refractivity contribution in [1.29, 1.82) is 0 Å². The highest BCUT2D eigenvalue weighted by atomic mass is 14.1. The van der Waals surface area contributed by atoms with Crippen LogP contribution in [0.2, 0.25) is 0 Å². The molecule has 0 aromatic rings. The van der Waals surface area contributed by atoms with Crippen molar-refractivity contribution in [2.45, 2.75) is 157 Å². The van der Waals surface area contributed by atoms with Crippen LogP contribution in [0.3, 0.4) is 0 Å². The van der Waals surface area contributed by atoms with Crippen molar-refractivity contribution in [3.05, 3.63) is 12.2 Å². The first-order chi connectivity index (χ1) is 14.1. The average molecular weight is 407 g/mol. The van der Waals surface area contributed by atoms with Gasteiger partial charge in [0.15, 0.2) is 0 Å². The Bertz CT molecular complexity index is 329. The predicted molar refractivity (Wildman–Crippen MR) is 136 cm³/mol. The minimum Gasteiger partial charge on any atom is -0.0885 e. The molecule has 0 amide bonds. The molecular weight excluding hydrogens is 348 g/mol. The van der Waals surface area contributed by atoms with Crippen LogP contribution in [0.4, 0.5) is 0 Å². The Hall–Kier alpha value is -0.260. The fraction of sp³-hybridized carbons (Fsp3) is 0.931. The molecule has 0 radical (unpaired) electrons. The van der Waals surface area contributed by atoms with Crippen LogP contribution in [0.25, 0.3) is 0 Å². The average Bonchev–Trinajstić information content (AvgIpc) is 2.70. The van der Waals surface area contributed by atoms with Gasteiger partial charge in [-0.25, -0.2) is 0 Å². The Balaban J connectivity index is 3.43. The maximum Gasteiger partial charge on any atom is -0.0325 e. The molecule has 0 aromatic carbocycles. The van der Waals surface area contributed by atoms with Crippen LogP contribution in [-0.4, -0.2) is 0 Å². The molecule has 3 unspecified atom stereocenters. The van der Waals surface area contributed by atoms with Crippen LogP contribution in [0.5, 0.6) is 0 Å². The standard InChI is InChI=1S/C29H58/c1-6-8-10-12-13-14-15-17-22-27(3)23-18-19-24-29(5)26-20-25-28(4)21-16-11-9-7-2/h11,16,27-29H,6-10,12-15,17-26H2,1-5H3. The second-order valence-electron chi connectivity index (χ2n) is 10.3. The minimum atomic E-state index is 0.868. The molecule has 0 bridgehead atoms. The molecule has 29 heavy (non-hydrogen) atoms. The number of hydrogen-bond acceptors (Lipinski definition) is 0. The Morgan fingerprint density at radius 3 is 1.45 bits per heavy atom. The van der Waals surface area contributed by atoms with Crippen LogP contribution in [0, 0.1) is 17.8 Å². The molecule has 0 spiro atoms. The molecule has 0 aliphatic carbocycles. The molecule has 0 aliphatic rings. The molecule has 0 heteroatoms. The van der Waals surface area contributed by atoms with Crippen LogP contribution in [0.1, 0.15) is 157 Å². The number of hydrogen-bond donors (Lipinski definition) is 0. The van der Waals surface area contributed by atoms with Crippen molar-refractivity contribution >= 4 is 0 Å². The van der Waals surface area contributed by atoms with Crippen LogP contribution < -0.4 is 0 Å². The van der Waals surface area contributed by atoms with E-state index in [1.54, 1.807) is 0 Å². The lowest BCUT2D eigenvalue weighted by Gasteiger charge is -2.15. The van der Waals surface area contributed by atoms with Gasteiger partial charge in [-0.15, -0.1) is 0 Å². The fourth-order valence-corrected chi connectivity index (χ4v) is 4.45. The summed E-state index contributed by atoms with van der Waals surface area (Å²) in [4.78, 5) is 0. The third kappa shape index (κ3) is 22.3. The molecule has 0 fully saturated rings. The maximum absolute atomic E-state index is 2.49. The first kappa shape index (κ1) is 28.7. The highest BCUT2D eigenvalue weighted by molar-refractivity contribution is 4.82. The van der Waals surface area contributed by atoms with Gasteiger partial charge >= 0.3 is 0 Å². The lowest BCUT2D eigenvalue weighted by atomic mass is 9.91. The molecule has 0 aromatic heterocycles. The normalized spacial score (nSPS) is 15.1. The summed E-state index contributed by atoms with van der Waals surface area (Å²) in [5, 5.41) is 0. The Kier molecular flexibility index (Phi) is 22.2. The van der Waals surface area contributed by atoms with Gasteiger partial charge in [0.1, 0.15) is 0 Å². The van der Waals surface area contributed by atoms with E-state index in [9.17, 15) is 0 Å². The van der Waals surface area contributed by atoms with E-state index in [1.807, 2.05) is 0 Å². The number of rotatable bonds is 22. The third-order valence-corrected chi connectivity index (χ3v) is 6.75. The van der Waals surface area contributed by atoms with Crippen molar-refractivity contribution in [2.24, 2.45) is 17.8 Å². The third-order valence-electron chi connectivity index (χ3n) is 6.75. The van der Waals surface area contributed by atoms with Crippen molar-refractivity contribution in [3.8, 4) is 0 Å². The fourth-order valence-electron chi connectivity index (χ4n) is 4.45. The molecule has 174 valence electrons. The first-order valence-corrected chi connectivity index (χ1v) is 13.7. The summed E-state index contributed by atoms with van der Waals surface area (Å²) >= 11 is 0. The Morgan fingerprint density at radius 1 is 0.448 bits per heavy atom. The van der Waals surface area contributed by atoms with Crippen LogP contribution >= 0.6 is 0 Å².